The molecular weight excluding hydrogens is 282 g/mol. The van der Waals surface area contributed by atoms with Gasteiger partial charge in [0.05, 0.1) is 11.0 Å². The summed E-state index contributed by atoms with van der Waals surface area (Å²) >= 11 is 0. The van der Waals surface area contributed by atoms with Crippen LogP contribution in [0.4, 0.5) is 0 Å². The van der Waals surface area contributed by atoms with Crippen molar-refractivity contribution >= 4 is 11.0 Å². The van der Waals surface area contributed by atoms with Crippen molar-refractivity contribution in [1.29, 1.82) is 0 Å². The SMILES string of the molecule is Cc1ccc(CN2CCC(c3nc4ccccc4[nH]3)CC2)cc1. The van der Waals surface area contributed by atoms with Gasteiger partial charge in [-0.05, 0) is 50.6 Å². The maximum atomic E-state index is 4.78. The van der Waals surface area contributed by atoms with E-state index in [1.165, 1.54) is 29.8 Å². The van der Waals surface area contributed by atoms with Crippen molar-refractivity contribution in [2.75, 3.05) is 13.1 Å². The average Bonchev–Trinajstić information content (AvgIpc) is 3.02. The number of hydrogen-bond acceptors (Lipinski definition) is 2. The topological polar surface area (TPSA) is 31.9 Å². The Morgan fingerprint density at radius 2 is 1.78 bits per heavy atom. The molecule has 118 valence electrons. The summed E-state index contributed by atoms with van der Waals surface area (Å²) in [6.45, 7) is 5.50. The Bertz CT molecular complexity index is 747. The Kier molecular flexibility index (Phi) is 3.88. The zero-order valence-electron chi connectivity index (χ0n) is 13.6. The Morgan fingerprint density at radius 3 is 2.52 bits per heavy atom. The number of hydrogen-bond donors (Lipinski definition) is 1. The summed E-state index contributed by atoms with van der Waals surface area (Å²) in [7, 11) is 0. The lowest BCUT2D eigenvalue weighted by Crippen LogP contribution is -2.32. The molecule has 1 fully saturated rings. The van der Waals surface area contributed by atoms with Gasteiger partial charge in [-0.25, -0.2) is 4.98 Å². The Labute approximate surface area is 137 Å². The molecule has 0 spiro atoms. The number of benzene rings is 2. The highest BCUT2D eigenvalue weighted by Crippen LogP contribution is 2.28. The molecule has 0 atom stereocenters. The molecule has 3 heteroatoms. The van der Waals surface area contributed by atoms with Crippen molar-refractivity contribution in [3.8, 4) is 0 Å². The third-order valence-corrected chi connectivity index (χ3v) is 4.91. The number of aromatic amines is 1. The number of nitrogens with one attached hydrogen (secondary N) is 1. The van der Waals surface area contributed by atoms with Gasteiger partial charge in [0.25, 0.3) is 0 Å². The molecule has 0 saturated carbocycles. The first-order valence-corrected chi connectivity index (χ1v) is 8.50. The average molecular weight is 305 g/mol. The monoisotopic (exact) mass is 305 g/mol. The molecular formula is C20H23N3. The number of aromatic nitrogens is 2. The predicted molar refractivity (Wildman–Crippen MR) is 94.5 cm³/mol. The van der Waals surface area contributed by atoms with Crippen LogP contribution >= 0.6 is 0 Å². The molecule has 0 aliphatic carbocycles. The van der Waals surface area contributed by atoms with E-state index in [0.717, 1.165) is 30.7 Å². The highest BCUT2D eigenvalue weighted by atomic mass is 15.1. The number of fused-ring (bicyclic) bond motifs is 1. The number of para-hydroxylation sites is 2. The Hall–Kier alpha value is -2.13. The first kappa shape index (κ1) is 14.5. The van der Waals surface area contributed by atoms with E-state index < -0.39 is 0 Å². The summed E-state index contributed by atoms with van der Waals surface area (Å²) in [5, 5.41) is 0. The summed E-state index contributed by atoms with van der Waals surface area (Å²) in [6.07, 6.45) is 2.37. The largest absolute Gasteiger partial charge is 0.342 e. The molecule has 1 aromatic heterocycles. The summed E-state index contributed by atoms with van der Waals surface area (Å²) < 4.78 is 0. The Morgan fingerprint density at radius 1 is 1.04 bits per heavy atom. The minimum Gasteiger partial charge on any atom is -0.342 e. The second-order valence-electron chi connectivity index (χ2n) is 6.68. The van der Waals surface area contributed by atoms with E-state index in [1.807, 2.05) is 0 Å². The molecule has 0 bridgehead atoms. The van der Waals surface area contributed by atoms with E-state index in [2.05, 4.69) is 65.3 Å². The van der Waals surface area contributed by atoms with E-state index in [1.54, 1.807) is 0 Å². The molecule has 1 aliphatic rings. The van der Waals surface area contributed by atoms with Crippen LogP contribution in [0.25, 0.3) is 11.0 Å². The van der Waals surface area contributed by atoms with Gasteiger partial charge in [-0.3, -0.25) is 4.90 Å². The molecule has 23 heavy (non-hydrogen) atoms. The van der Waals surface area contributed by atoms with Crippen LogP contribution in [0.3, 0.4) is 0 Å². The zero-order chi connectivity index (χ0) is 15.6. The van der Waals surface area contributed by atoms with Crippen LogP contribution in [0.15, 0.2) is 48.5 Å². The van der Waals surface area contributed by atoms with Crippen LogP contribution in [-0.4, -0.2) is 28.0 Å². The quantitative estimate of drug-likeness (QED) is 0.784. The van der Waals surface area contributed by atoms with E-state index in [-0.39, 0.29) is 0 Å². The molecule has 4 rings (SSSR count). The van der Waals surface area contributed by atoms with Gasteiger partial charge >= 0.3 is 0 Å². The van der Waals surface area contributed by atoms with Crippen molar-refractivity contribution in [3.05, 3.63) is 65.5 Å². The normalized spacial score (nSPS) is 16.9. The van der Waals surface area contributed by atoms with Crippen LogP contribution in [0, 0.1) is 6.92 Å². The van der Waals surface area contributed by atoms with E-state index in [4.69, 9.17) is 4.98 Å². The van der Waals surface area contributed by atoms with Gasteiger partial charge in [0, 0.05) is 12.5 Å². The number of aryl methyl sites for hydroxylation is 1. The smallest absolute Gasteiger partial charge is 0.110 e. The van der Waals surface area contributed by atoms with Gasteiger partial charge in [0.2, 0.25) is 0 Å². The van der Waals surface area contributed by atoms with E-state index >= 15 is 0 Å². The first-order valence-electron chi connectivity index (χ1n) is 8.50. The molecule has 1 saturated heterocycles. The maximum Gasteiger partial charge on any atom is 0.110 e. The van der Waals surface area contributed by atoms with Crippen LogP contribution < -0.4 is 0 Å². The summed E-state index contributed by atoms with van der Waals surface area (Å²) in [4.78, 5) is 10.8. The van der Waals surface area contributed by atoms with Crippen molar-refractivity contribution in [3.63, 3.8) is 0 Å². The highest BCUT2D eigenvalue weighted by Gasteiger charge is 2.23. The molecule has 3 nitrogen and oxygen atoms in total. The fourth-order valence-electron chi connectivity index (χ4n) is 3.48. The second kappa shape index (κ2) is 6.17. The van der Waals surface area contributed by atoms with Gasteiger partial charge < -0.3 is 4.98 Å². The van der Waals surface area contributed by atoms with Crippen LogP contribution in [-0.2, 0) is 6.54 Å². The third kappa shape index (κ3) is 3.15. The second-order valence-corrected chi connectivity index (χ2v) is 6.68. The molecule has 2 aromatic carbocycles. The summed E-state index contributed by atoms with van der Waals surface area (Å²) in [6, 6.07) is 17.2. The van der Waals surface area contributed by atoms with Crippen LogP contribution in [0.2, 0.25) is 0 Å². The third-order valence-electron chi connectivity index (χ3n) is 4.91. The lowest BCUT2D eigenvalue weighted by Gasteiger charge is -2.31. The number of imidazole rings is 1. The highest BCUT2D eigenvalue weighted by molar-refractivity contribution is 5.74. The molecule has 1 aliphatic heterocycles. The molecule has 1 N–H and O–H groups in total. The summed E-state index contributed by atoms with van der Waals surface area (Å²) in [5.41, 5.74) is 4.99. The van der Waals surface area contributed by atoms with Gasteiger partial charge in [0.15, 0.2) is 0 Å². The van der Waals surface area contributed by atoms with Crippen molar-refractivity contribution in [1.82, 2.24) is 14.9 Å². The first-order chi connectivity index (χ1) is 11.3. The lowest BCUT2D eigenvalue weighted by molar-refractivity contribution is 0.202. The fraction of sp³-hybridized carbons (Fsp3) is 0.350. The van der Waals surface area contributed by atoms with Crippen molar-refractivity contribution < 1.29 is 0 Å². The number of likely N-dealkylation sites (tertiary alicyclic amines) is 1. The van der Waals surface area contributed by atoms with Gasteiger partial charge in [-0.15, -0.1) is 0 Å². The fourth-order valence-corrected chi connectivity index (χ4v) is 3.48. The molecule has 0 amide bonds. The maximum absolute atomic E-state index is 4.78. The van der Waals surface area contributed by atoms with E-state index in [0.29, 0.717) is 5.92 Å². The number of H-pyrrole nitrogens is 1. The minimum atomic E-state index is 0.566. The predicted octanol–water partition coefficient (Wildman–Crippen LogP) is 4.25. The Balaban J connectivity index is 1.39. The zero-order valence-corrected chi connectivity index (χ0v) is 13.6. The minimum absolute atomic E-state index is 0.566. The molecule has 0 unspecified atom stereocenters. The standard InChI is InChI=1S/C20H23N3/c1-15-6-8-16(9-7-15)14-23-12-10-17(11-13-23)20-21-18-4-2-3-5-19(18)22-20/h2-9,17H,10-14H2,1H3,(H,21,22). The van der Waals surface area contributed by atoms with E-state index in [9.17, 15) is 0 Å². The van der Waals surface area contributed by atoms with Crippen molar-refractivity contribution in [2.45, 2.75) is 32.2 Å². The van der Waals surface area contributed by atoms with Gasteiger partial charge in [-0.2, -0.15) is 0 Å². The van der Waals surface area contributed by atoms with Gasteiger partial charge in [0.1, 0.15) is 5.82 Å². The number of rotatable bonds is 3. The van der Waals surface area contributed by atoms with Crippen molar-refractivity contribution in [2.24, 2.45) is 0 Å². The molecule has 3 aromatic rings. The van der Waals surface area contributed by atoms with Crippen LogP contribution in [0.1, 0.15) is 35.7 Å². The number of nitrogens with zero attached hydrogens (tertiary/aromatic N) is 2. The van der Waals surface area contributed by atoms with Gasteiger partial charge in [-0.1, -0.05) is 42.0 Å². The lowest BCUT2D eigenvalue weighted by atomic mass is 9.96. The number of piperidine rings is 1. The van der Waals surface area contributed by atoms with Crippen LogP contribution in [0.5, 0.6) is 0 Å². The summed E-state index contributed by atoms with van der Waals surface area (Å²) in [5.74, 6) is 1.73. The molecule has 2 heterocycles. The molecule has 0 radical (unpaired) electrons.